The molecule has 6 heteroatoms. The van der Waals surface area contributed by atoms with Crippen LogP contribution in [0.2, 0.25) is 0 Å². The van der Waals surface area contributed by atoms with Crippen LogP contribution >= 0.6 is 0 Å². The second kappa shape index (κ2) is 6.08. The van der Waals surface area contributed by atoms with Crippen LogP contribution in [0.5, 0.6) is 5.75 Å². The molecule has 0 aliphatic carbocycles. The van der Waals surface area contributed by atoms with E-state index in [1.165, 1.54) is 23.1 Å². The second-order valence-electron chi connectivity index (χ2n) is 5.18. The van der Waals surface area contributed by atoms with Crippen LogP contribution in [0.25, 0.3) is 0 Å². The third-order valence-electron chi connectivity index (χ3n) is 3.52. The predicted octanol–water partition coefficient (Wildman–Crippen LogP) is 2.58. The molecule has 0 spiro atoms. The fourth-order valence-corrected chi connectivity index (χ4v) is 2.42. The maximum absolute atomic E-state index is 13.6. The van der Waals surface area contributed by atoms with E-state index in [-0.39, 0.29) is 18.1 Å². The van der Waals surface area contributed by atoms with Gasteiger partial charge in [0.2, 0.25) is 5.91 Å². The number of carbonyl (C=O) groups is 2. The average Bonchev–Trinajstić information content (AvgIpc) is 2.54. The van der Waals surface area contributed by atoms with E-state index in [2.05, 4.69) is 5.32 Å². The lowest BCUT2D eigenvalue weighted by Crippen LogP contribution is -2.47. The molecule has 1 atom stereocenters. The van der Waals surface area contributed by atoms with E-state index in [0.29, 0.717) is 11.4 Å². The Labute approximate surface area is 132 Å². The predicted molar refractivity (Wildman–Crippen MR) is 83.9 cm³/mol. The Morgan fingerprint density at radius 3 is 2.70 bits per heavy atom. The number of para-hydroxylation sites is 3. The molecule has 0 radical (unpaired) electrons. The Hall–Kier alpha value is -2.89. The minimum absolute atomic E-state index is 0.0829. The van der Waals surface area contributed by atoms with Crippen LogP contribution in [-0.4, -0.2) is 24.5 Å². The first kappa shape index (κ1) is 15.0. The van der Waals surface area contributed by atoms with Crippen molar-refractivity contribution in [3.63, 3.8) is 0 Å². The number of halogens is 1. The van der Waals surface area contributed by atoms with Gasteiger partial charge < -0.3 is 10.1 Å². The van der Waals surface area contributed by atoms with Gasteiger partial charge in [-0.1, -0.05) is 24.3 Å². The lowest BCUT2D eigenvalue weighted by Gasteiger charge is -2.32. The summed E-state index contributed by atoms with van der Waals surface area (Å²) >= 11 is 0. The van der Waals surface area contributed by atoms with Gasteiger partial charge in [0.05, 0.1) is 11.4 Å². The van der Waals surface area contributed by atoms with Crippen molar-refractivity contribution >= 4 is 23.2 Å². The molecular weight excluding hydrogens is 299 g/mol. The van der Waals surface area contributed by atoms with Gasteiger partial charge in [-0.05, 0) is 31.2 Å². The summed E-state index contributed by atoms with van der Waals surface area (Å²) in [4.78, 5) is 25.8. The Bertz CT molecular complexity index is 763. The van der Waals surface area contributed by atoms with Crippen molar-refractivity contribution in [1.82, 2.24) is 0 Å². The molecule has 118 valence electrons. The zero-order valence-electron chi connectivity index (χ0n) is 12.5. The number of carbonyl (C=O) groups excluding carboxylic acids is 2. The molecule has 5 nitrogen and oxygen atoms in total. The van der Waals surface area contributed by atoms with Gasteiger partial charge in [0, 0.05) is 0 Å². The van der Waals surface area contributed by atoms with Gasteiger partial charge in [-0.25, -0.2) is 4.39 Å². The fourth-order valence-electron chi connectivity index (χ4n) is 2.42. The lowest BCUT2D eigenvalue weighted by molar-refractivity contribution is -0.127. The van der Waals surface area contributed by atoms with Crippen LogP contribution in [0.15, 0.2) is 48.5 Å². The summed E-state index contributed by atoms with van der Waals surface area (Å²) in [5.41, 5.74) is 0.610. The summed E-state index contributed by atoms with van der Waals surface area (Å²) in [6, 6.07) is 12.9. The minimum atomic E-state index is -0.675. The van der Waals surface area contributed by atoms with Crippen molar-refractivity contribution in [2.45, 2.75) is 13.0 Å². The number of anilines is 2. The van der Waals surface area contributed by atoms with Crippen LogP contribution in [-0.2, 0) is 9.59 Å². The number of fused-ring (bicyclic) bond motifs is 1. The molecule has 0 saturated heterocycles. The molecule has 0 unspecified atom stereocenters. The molecule has 2 aromatic rings. The summed E-state index contributed by atoms with van der Waals surface area (Å²) in [5, 5.41) is 2.48. The molecule has 3 rings (SSSR count). The molecular formula is C17H15FN2O3. The van der Waals surface area contributed by atoms with E-state index in [1.807, 2.05) is 0 Å². The second-order valence-corrected chi connectivity index (χ2v) is 5.18. The smallest absolute Gasteiger partial charge is 0.268 e. The molecule has 1 heterocycles. The van der Waals surface area contributed by atoms with Crippen LogP contribution < -0.4 is 15.0 Å². The van der Waals surface area contributed by atoms with Crippen molar-refractivity contribution in [2.24, 2.45) is 0 Å². The number of benzene rings is 2. The Kier molecular flexibility index (Phi) is 3.97. The van der Waals surface area contributed by atoms with Crippen LogP contribution in [0.4, 0.5) is 15.8 Å². The van der Waals surface area contributed by atoms with Crippen LogP contribution in [0.3, 0.4) is 0 Å². The highest BCUT2D eigenvalue weighted by molar-refractivity contribution is 6.06. The van der Waals surface area contributed by atoms with Crippen molar-refractivity contribution < 1.29 is 18.7 Å². The fraction of sp³-hybridized carbons (Fsp3) is 0.176. The first-order valence-corrected chi connectivity index (χ1v) is 7.17. The molecule has 0 saturated carbocycles. The van der Waals surface area contributed by atoms with Crippen molar-refractivity contribution in [3.8, 4) is 5.75 Å². The zero-order chi connectivity index (χ0) is 16.4. The van der Waals surface area contributed by atoms with E-state index in [1.54, 1.807) is 37.3 Å². The topological polar surface area (TPSA) is 58.6 Å². The molecule has 2 amide bonds. The largest absolute Gasteiger partial charge is 0.479 e. The standard InChI is InChI=1S/C17H15FN2O3/c1-11-17(22)20(14-8-4-5-9-15(14)23-11)10-16(21)19-13-7-3-2-6-12(13)18/h2-9,11H,10H2,1H3,(H,19,21)/t11-/m0/s1. The Morgan fingerprint density at radius 2 is 1.91 bits per heavy atom. The number of amides is 2. The third-order valence-corrected chi connectivity index (χ3v) is 3.52. The maximum atomic E-state index is 13.6. The van der Waals surface area contributed by atoms with Gasteiger partial charge in [0.1, 0.15) is 18.1 Å². The number of hydrogen-bond acceptors (Lipinski definition) is 3. The summed E-state index contributed by atoms with van der Waals surface area (Å²) in [6.07, 6.45) is -0.675. The number of nitrogens with zero attached hydrogens (tertiary/aromatic N) is 1. The van der Waals surface area contributed by atoms with Gasteiger partial charge in [-0.15, -0.1) is 0 Å². The highest BCUT2D eigenvalue weighted by atomic mass is 19.1. The average molecular weight is 314 g/mol. The number of nitrogens with one attached hydrogen (secondary N) is 1. The van der Waals surface area contributed by atoms with E-state index in [4.69, 9.17) is 4.74 Å². The van der Waals surface area contributed by atoms with Gasteiger partial charge in [-0.2, -0.15) is 0 Å². The Balaban J connectivity index is 1.80. The van der Waals surface area contributed by atoms with Crippen LogP contribution in [0, 0.1) is 5.82 Å². The molecule has 1 aliphatic rings. The van der Waals surface area contributed by atoms with E-state index >= 15 is 0 Å². The quantitative estimate of drug-likeness (QED) is 0.947. The summed E-state index contributed by atoms with van der Waals surface area (Å²) in [6.45, 7) is 1.41. The molecule has 1 aliphatic heterocycles. The summed E-state index contributed by atoms with van der Waals surface area (Å²) in [5.74, 6) is -0.777. The Morgan fingerprint density at radius 1 is 1.22 bits per heavy atom. The van der Waals surface area contributed by atoms with Crippen molar-refractivity contribution in [3.05, 3.63) is 54.3 Å². The molecule has 0 bridgehead atoms. The summed E-state index contributed by atoms with van der Waals surface area (Å²) in [7, 11) is 0. The molecule has 0 fully saturated rings. The molecule has 1 N–H and O–H groups in total. The van der Waals surface area contributed by atoms with Crippen molar-refractivity contribution in [2.75, 3.05) is 16.8 Å². The highest BCUT2D eigenvalue weighted by Crippen LogP contribution is 2.33. The highest BCUT2D eigenvalue weighted by Gasteiger charge is 2.32. The molecule has 2 aromatic carbocycles. The van der Waals surface area contributed by atoms with Gasteiger partial charge in [0.15, 0.2) is 6.10 Å². The first-order valence-electron chi connectivity index (χ1n) is 7.17. The summed E-state index contributed by atoms with van der Waals surface area (Å²) < 4.78 is 19.1. The number of hydrogen-bond donors (Lipinski definition) is 1. The van der Waals surface area contributed by atoms with Gasteiger partial charge in [0.25, 0.3) is 5.91 Å². The monoisotopic (exact) mass is 314 g/mol. The lowest BCUT2D eigenvalue weighted by atomic mass is 10.2. The molecule has 23 heavy (non-hydrogen) atoms. The SMILES string of the molecule is C[C@@H]1Oc2ccccc2N(CC(=O)Nc2ccccc2F)C1=O. The molecule has 0 aromatic heterocycles. The number of ether oxygens (including phenoxy) is 1. The third kappa shape index (κ3) is 3.01. The first-order chi connectivity index (χ1) is 11.1. The van der Waals surface area contributed by atoms with Gasteiger partial charge >= 0.3 is 0 Å². The van der Waals surface area contributed by atoms with E-state index < -0.39 is 17.8 Å². The van der Waals surface area contributed by atoms with E-state index in [0.717, 1.165) is 0 Å². The van der Waals surface area contributed by atoms with Gasteiger partial charge in [-0.3, -0.25) is 14.5 Å². The van der Waals surface area contributed by atoms with Crippen LogP contribution in [0.1, 0.15) is 6.92 Å². The minimum Gasteiger partial charge on any atom is -0.479 e. The maximum Gasteiger partial charge on any atom is 0.268 e. The van der Waals surface area contributed by atoms with E-state index in [9.17, 15) is 14.0 Å². The normalized spacial score (nSPS) is 16.5. The zero-order valence-corrected chi connectivity index (χ0v) is 12.5. The number of rotatable bonds is 3. The van der Waals surface area contributed by atoms with Crippen molar-refractivity contribution in [1.29, 1.82) is 0 Å².